The molecule has 4 rings (SSSR count). The van der Waals surface area contributed by atoms with Gasteiger partial charge in [0, 0.05) is 18.5 Å². The number of para-hydroxylation sites is 2. The van der Waals surface area contributed by atoms with Crippen molar-refractivity contribution in [2.24, 2.45) is 0 Å². The lowest BCUT2D eigenvalue weighted by Crippen LogP contribution is -2.43. The summed E-state index contributed by atoms with van der Waals surface area (Å²) in [5.74, 6) is 2.60. The Hall–Kier alpha value is -2.50. The predicted molar refractivity (Wildman–Crippen MR) is 86.4 cm³/mol. The number of nitrogens with zero attached hydrogens (tertiary/aromatic N) is 2. The van der Waals surface area contributed by atoms with E-state index in [0.29, 0.717) is 31.3 Å². The Balaban J connectivity index is 1.43. The number of rotatable bonds is 5. The average Bonchev–Trinajstić information content (AvgIpc) is 3.36. The average molecular weight is 328 g/mol. The Morgan fingerprint density at radius 1 is 1.29 bits per heavy atom. The summed E-state index contributed by atoms with van der Waals surface area (Å²) in [5.41, 5.74) is 0.371. The second kappa shape index (κ2) is 6.19. The number of aromatic nitrogens is 1. The smallest absolute Gasteiger partial charge is 0.276 e. The normalized spacial score (nSPS) is 19.1. The standard InChI is InChI=1S/C18H20N2O4/c1-2-20(18(21)14-9-17(24-19-14)12-7-8-12)10-13-11-22-15-5-3-4-6-16(15)23-13/h3-6,9,12-13H,2,7-8,10-11H2,1H3/t13-/m1/s1. The molecule has 126 valence electrons. The van der Waals surface area contributed by atoms with E-state index >= 15 is 0 Å². The van der Waals surface area contributed by atoms with E-state index in [1.165, 1.54) is 0 Å². The van der Waals surface area contributed by atoms with Gasteiger partial charge in [0.15, 0.2) is 23.3 Å². The molecule has 1 amide bonds. The zero-order valence-corrected chi connectivity index (χ0v) is 13.6. The fourth-order valence-electron chi connectivity index (χ4n) is 2.87. The van der Waals surface area contributed by atoms with Crippen LogP contribution in [0.15, 0.2) is 34.9 Å². The Labute approximate surface area is 140 Å². The number of carbonyl (C=O) groups is 1. The van der Waals surface area contributed by atoms with Crippen molar-refractivity contribution >= 4 is 5.91 Å². The van der Waals surface area contributed by atoms with Crippen LogP contribution < -0.4 is 9.47 Å². The molecule has 0 N–H and O–H groups in total. The van der Waals surface area contributed by atoms with Crippen LogP contribution in [0.3, 0.4) is 0 Å². The van der Waals surface area contributed by atoms with E-state index in [2.05, 4.69) is 5.16 Å². The number of likely N-dealkylation sites (N-methyl/N-ethyl adjacent to an activating group) is 1. The molecule has 0 radical (unpaired) electrons. The molecule has 1 atom stereocenters. The molecular weight excluding hydrogens is 308 g/mol. The maximum absolute atomic E-state index is 12.7. The summed E-state index contributed by atoms with van der Waals surface area (Å²) in [6.45, 7) is 3.39. The summed E-state index contributed by atoms with van der Waals surface area (Å²) in [6.07, 6.45) is 2.04. The first-order valence-corrected chi connectivity index (χ1v) is 8.39. The second-order valence-corrected chi connectivity index (χ2v) is 6.23. The van der Waals surface area contributed by atoms with Gasteiger partial charge in [-0.1, -0.05) is 17.3 Å². The Kier molecular flexibility index (Phi) is 3.88. The first-order valence-electron chi connectivity index (χ1n) is 8.39. The van der Waals surface area contributed by atoms with Crippen LogP contribution in [-0.2, 0) is 0 Å². The zero-order chi connectivity index (χ0) is 16.5. The van der Waals surface area contributed by atoms with Crippen LogP contribution in [0.2, 0.25) is 0 Å². The molecule has 24 heavy (non-hydrogen) atoms. The van der Waals surface area contributed by atoms with Gasteiger partial charge < -0.3 is 18.9 Å². The highest BCUT2D eigenvalue weighted by Gasteiger charge is 2.31. The van der Waals surface area contributed by atoms with E-state index in [1.54, 1.807) is 11.0 Å². The summed E-state index contributed by atoms with van der Waals surface area (Å²) in [6, 6.07) is 9.34. The van der Waals surface area contributed by atoms with E-state index in [-0.39, 0.29) is 12.0 Å². The minimum absolute atomic E-state index is 0.129. The quantitative estimate of drug-likeness (QED) is 0.844. The lowest BCUT2D eigenvalue weighted by atomic mass is 10.2. The SMILES string of the molecule is CCN(C[C@@H]1COc2ccccc2O1)C(=O)c1cc(C2CC2)on1. The Morgan fingerprint density at radius 3 is 2.83 bits per heavy atom. The summed E-state index contributed by atoms with van der Waals surface area (Å²) < 4.78 is 16.9. The summed E-state index contributed by atoms with van der Waals surface area (Å²) in [5, 5.41) is 3.94. The lowest BCUT2D eigenvalue weighted by molar-refractivity contribution is 0.0468. The van der Waals surface area contributed by atoms with Crippen LogP contribution in [0, 0.1) is 0 Å². The van der Waals surface area contributed by atoms with Gasteiger partial charge >= 0.3 is 0 Å². The van der Waals surface area contributed by atoms with Crippen molar-refractivity contribution in [2.75, 3.05) is 19.7 Å². The van der Waals surface area contributed by atoms with Gasteiger partial charge in [-0.15, -0.1) is 0 Å². The molecule has 1 aromatic carbocycles. The van der Waals surface area contributed by atoms with Crippen molar-refractivity contribution in [2.45, 2.75) is 31.8 Å². The molecular formula is C18H20N2O4. The Morgan fingerprint density at radius 2 is 2.08 bits per heavy atom. The van der Waals surface area contributed by atoms with Crippen LogP contribution in [0.5, 0.6) is 11.5 Å². The van der Waals surface area contributed by atoms with Crippen LogP contribution in [0.4, 0.5) is 0 Å². The molecule has 6 nitrogen and oxygen atoms in total. The minimum atomic E-state index is -0.196. The summed E-state index contributed by atoms with van der Waals surface area (Å²) in [4.78, 5) is 14.4. The van der Waals surface area contributed by atoms with Crippen LogP contribution in [0.25, 0.3) is 0 Å². The maximum atomic E-state index is 12.7. The van der Waals surface area contributed by atoms with Crippen molar-refractivity contribution in [1.82, 2.24) is 10.1 Å². The van der Waals surface area contributed by atoms with Crippen molar-refractivity contribution in [3.05, 3.63) is 41.8 Å². The zero-order valence-electron chi connectivity index (χ0n) is 13.6. The molecule has 1 fully saturated rings. The molecule has 0 unspecified atom stereocenters. The van der Waals surface area contributed by atoms with Crippen molar-refractivity contribution < 1.29 is 18.8 Å². The molecule has 0 saturated heterocycles. The molecule has 1 aliphatic heterocycles. The topological polar surface area (TPSA) is 64.8 Å². The van der Waals surface area contributed by atoms with Gasteiger partial charge in [-0.25, -0.2) is 0 Å². The van der Waals surface area contributed by atoms with Crippen LogP contribution in [0.1, 0.15) is 41.9 Å². The van der Waals surface area contributed by atoms with Crippen molar-refractivity contribution in [1.29, 1.82) is 0 Å². The molecule has 1 aliphatic carbocycles. The first-order chi connectivity index (χ1) is 11.7. The molecule has 1 aromatic heterocycles. The van der Waals surface area contributed by atoms with E-state index in [9.17, 15) is 4.79 Å². The third-order valence-corrected chi connectivity index (χ3v) is 4.39. The first kappa shape index (κ1) is 15.1. The highest BCUT2D eigenvalue weighted by atomic mass is 16.6. The minimum Gasteiger partial charge on any atom is -0.486 e. The summed E-state index contributed by atoms with van der Waals surface area (Å²) >= 11 is 0. The number of amides is 1. The fourth-order valence-corrected chi connectivity index (χ4v) is 2.87. The number of benzene rings is 1. The Bertz CT molecular complexity index is 738. The monoisotopic (exact) mass is 328 g/mol. The third kappa shape index (κ3) is 2.96. The van der Waals surface area contributed by atoms with Crippen LogP contribution in [-0.4, -0.2) is 41.8 Å². The molecule has 1 saturated carbocycles. The van der Waals surface area contributed by atoms with Gasteiger partial charge in [-0.2, -0.15) is 0 Å². The van der Waals surface area contributed by atoms with E-state index in [4.69, 9.17) is 14.0 Å². The highest BCUT2D eigenvalue weighted by Crippen LogP contribution is 2.40. The van der Waals surface area contributed by atoms with Crippen molar-refractivity contribution in [3.63, 3.8) is 0 Å². The molecule has 2 aromatic rings. The maximum Gasteiger partial charge on any atom is 0.276 e. The molecule has 0 spiro atoms. The molecule has 0 bridgehead atoms. The molecule has 6 heteroatoms. The molecule has 2 aliphatic rings. The number of hydrogen-bond acceptors (Lipinski definition) is 5. The fraction of sp³-hybridized carbons (Fsp3) is 0.444. The predicted octanol–water partition coefficient (Wildman–Crippen LogP) is 2.85. The van der Waals surface area contributed by atoms with Crippen LogP contribution >= 0.6 is 0 Å². The number of ether oxygens (including phenoxy) is 2. The van der Waals surface area contributed by atoms with Gasteiger partial charge in [0.05, 0.1) is 6.54 Å². The van der Waals surface area contributed by atoms with Gasteiger partial charge in [0.1, 0.15) is 12.4 Å². The van der Waals surface area contributed by atoms with E-state index in [1.807, 2.05) is 31.2 Å². The lowest BCUT2D eigenvalue weighted by Gasteiger charge is -2.30. The van der Waals surface area contributed by atoms with Gasteiger partial charge in [0.2, 0.25) is 0 Å². The van der Waals surface area contributed by atoms with Gasteiger partial charge in [0.25, 0.3) is 5.91 Å². The largest absolute Gasteiger partial charge is 0.486 e. The van der Waals surface area contributed by atoms with Gasteiger partial charge in [-0.05, 0) is 31.9 Å². The van der Waals surface area contributed by atoms with Gasteiger partial charge in [-0.3, -0.25) is 4.79 Å². The number of carbonyl (C=O) groups excluding carboxylic acids is 1. The van der Waals surface area contributed by atoms with E-state index < -0.39 is 0 Å². The van der Waals surface area contributed by atoms with E-state index in [0.717, 1.165) is 30.1 Å². The molecule has 2 heterocycles. The third-order valence-electron chi connectivity index (χ3n) is 4.39. The summed E-state index contributed by atoms with van der Waals surface area (Å²) in [7, 11) is 0. The van der Waals surface area contributed by atoms with Crippen molar-refractivity contribution in [3.8, 4) is 11.5 Å². The number of hydrogen-bond donors (Lipinski definition) is 0. The second-order valence-electron chi connectivity index (χ2n) is 6.23. The highest BCUT2D eigenvalue weighted by molar-refractivity contribution is 5.92. The number of fused-ring (bicyclic) bond motifs is 1.